The molecule has 0 unspecified atom stereocenters. The molecule has 0 atom stereocenters. The fourth-order valence-electron chi connectivity index (χ4n) is 2.02. The molecule has 6 heteroatoms. The molecule has 0 saturated carbocycles. The van der Waals surface area contributed by atoms with Crippen LogP contribution in [0.5, 0.6) is 0 Å². The van der Waals surface area contributed by atoms with E-state index in [1.807, 2.05) is 6.92 Å². The zero-order valence-corrected chi connectivity index (χ0v) is 11.1. The predicted molar refractivity (Wildman–Crippen MR) is 70.7 cm³/mol. The van der Waals surface area contributed by atoms with Gasteiger partial charge in [-0.2, -0.15) is 0 Å². The maximum atomic E-state index is 13.3. The lowest BCUT2D eigenvalue weighted by molar-refractivity contribution is 0.618. The number of aromatic nitrogens is 4. The second-order valence-corrected chi connectivity index (χ2v) is 4.69. The van der Waals surface area contributed by atoms with Gasteiger partial charge in [-0.05, 0) is 37.6 Å². The molecule has 0 bridgehead atoms. The van der Waals surface area contributed by atoms with E-state index in [2.05, 4.69) is 15.2 Å². The molecule has 0 radical (unpaired) electrons. The SMILES string of the molecule is Cc1cc(-c2nnc3cc(Cl)nc(C)n23)ccc1F. The van der Waals surface area contributed by atoms with Crippen molar-refractivity contribution < 1.29 is 4.39 Å². The van der Waals surface area contributed by atoms with Gasteiger partial charge in [0.1, 0.15) is 16.8 Å². The van der Waals surface area contributed by atoms with Gasteiger partial charge in [0, 0.05) is 11.6 Å². The zero-order valence-electron chi connectivity index (χ0n) is 10.4. The maximum absolute atomic E-state index is 13.3. The predicted octanol–water partition coefficient (Wildman–Crippen LogP) is 3.20. The summed E-state index contributed by atoms with van der Waals surface area (Å²) in [5, 5.41) is 8.57. The van der Waals surface area contributed by atoms with E-state index >= 15 is 0 Å². The Balaban J connectivity index is 2.28. The first-order valence-corrected chi connectivity index (χ1v) is 6.09. The van der Waals surface area contributed by atoms with Crippen molar-refractivity contribution in [3.63, 3.8) is 0 Å². The Hall–Kier alpha value is -2.01. The molecule has 0 N–H and O–H groups in total. The third-order valence-electron chi connectivity index (χ3n) is 2.94. The summed E-state index contributed by atoms with van der Waals surface area (Å²) in [6, 6.07) is 6.47. The smallest absolute Gasteiger partial charge is 0.169 e. The van der Waals surface area contributed by atoms with Crippen LogP contribution in [0, 0.1) is 19.7 Å². The van der Waals surface area contributed by atoms with Crippen LogP contribution < -0.4 is 0 Å². The quantitative estimate of drug-likeness (QED) is 0.641. The molecule has 0 spiro atoms. The van der Waals surface area contributed by atoms with E-state index < -0.39 is 0 Å². The first-order valence-electron chi connectivity index (χ1n) is 5.71. The molecule has 1 aromatic carbocycles. The van der Waals surface area contributed by atoms with Crippen LogP contribution in [-0.2, 0) is 0 Å². The standard InChI is InChI=1S/C13H10ClFN4/c1-7-5-9(3-4-10(7)15)13-18-17-12-6-11(14)16-8(2)19(12)13/h3-6H,1-2H3. The highest BCUT2D eigenvalue weighted by molar-refractivity contribution is 6.29. The van der Waals surface area contributed by atoms with Crippen molar-refractivity contribution in [2.24, 2.45) is 0 Å². The molecule has 0 fully saturated rings. The molecule has 0 amide bonds. The molecule has 3 aromatic rings. The first kappa shape index (κ1) is 12.0. The van der Waals surface area contributed by atoms with Gasteiger partial charge in [-0.3, -0.25) is 4.40 Å². The largest absolute Gasteiger partial charge is 0.263 e. The number of halogens is 2. The second kappa shape index (κ2) is 4.28. The van der Waals surface area contributed by atoms with E-state index in [0.29, 0.717) is 28.0 Å². The van der Waals surface area contributed by atoms with Crippen molar-refractivity contribution in [2.75, 3.05) is 0 Å². The summed E-state index contributed by atoms with van der Waals surface area (Å²) in [6.45, 7) is 3.53. The molecule has 0 aliphatic rings. The zero-order chi connectivity index (χ0) is 13.6. The molecule has 19 heavy (non-hydrogen) atoms. The molecule has 96 valence electrons. The van der Waals surface area contributed by atoms with Crippen molar-refractivity contribution in [2.45, 2.75) is 13.8 Å². The van der Waals surface area contributed by atoms with E-state index in [9.17, 15) is 4.39 Å². The Labute approximate surface area is 113 Å². The number of aryl methyl sites for hydroxylation is 2. The number of benzene rings is 1. The molecule has 2 heterocycles. The van der Waals surface area contributed by atoms with Crippen LogP contribution in [0.2, 0.25) is 5.15 Å². The Morgan fingerprint density at radius 1 is 1.16 bits per heavy atom. The molecular weight excluding hydrogens is 267 g/mol. The molecule has 3 rings (SSSR count). The Bertz CT molecular complexity index is 782. The van der Waals surface area contributed by atoms with E-state index in [4.69, 9.17) is 11.6 Å². The average Bonchev–Trinajstić information content (AvgIpc) is 2.76. The monoisotopic (exact) mass is 276 g/mol. The molecular formula is C13H10ClFN4. The van der Waals surface area contributed by atoms with Gasteiger partial charge in [-0.1, -0.05) is 11.6 Å². The van der Waals surface area contributed by atoms with Crippen LogP contribution in [0.3, 0.4) is 0 Å². The van der Waals surface area contributed by atoms with E-state index in [1.165, 1.54) is 6.07 Å². The normalized spacial score (nSPS) is 11.2. The van der Waals surface area contributed by atoms with Gasteiger partial charge in [0.05, 0.1) is 0 Å². The van der Waals surface area contributed by atoms with E-state index in [0.717, 1.165) is 5.56 Å². The van der Waals surface area contributed by atoms with Crippen LogP contribution in [0.1, 0.15) is 11.4 Å². The fraction of sp³-hybridized carbons (Fsp3) is 0.154. The van der Waals surface area contributed by atoms with Crippen molar-refractivity contribution in [1.29, 1.82) is 0 Å². The lowest BCUT2D eigenvalue weighted by Gasteiger charge is -2.05. The fourth-order valence-corrected chi connectivity index (χ4v) is 2.24. The molecule has 0 aliphatic carbocycles. The highest BCUT2D eigenvalue weighted by Gasteiger charge is 2.12. The third-order valence-corrected chi connectivity index (χ3v) is 3.14. The van der Waals surface area contributed by atoms with Crippen LogP contribution in [0.4, 0.5) is 4.39 Å². The Morgan fingerprint density at radius 2 is 1.95 bits per heavy atom. The van der Waals surface area contributed by atoms with Gasteiger partial charge in [-0.25, -0.2) is 9.37 Å². The second-order valence-electron chi connectivity index (χ2n) is 4.31. The van der Waals surface area contributed by atoms with Crippen LogP contribution in [0.15, 0.2) is 24.3 Å². The summed E-state index contributed by atoms with van der Waals surface area (Å²) >= 11 is 5.88. The number of rotatable bonds is 1. The molecule has 4 nitrogen and oxygen atoms in total. The van der Waals surface area contributed by atoms with E-state index in [-0.39, 0.29) is 5.82 Å². The minimum atomic E-state index is -0.240. The lowest BCUT2D eigenvalue weighted by atomic mass is 10.1. The summed E-state index contributed by atoms with van der Waals surface area (Å²) in [4.78, 5) is 4.17. The van der Waals surface area contributed by atoms with Gasteiger partial charge in [-0.15, -0.1) is 10.2 Å². The van der Waals surface area contributed by atoms with Crippen LogP contribution >= 0.6 is 11.6 Å². The first-order chi connectivity index (χ1) is 9.06. The number of hydrogen-bond donors (Lipinski definition) is 0. The highest BCUT2D eigenvalue weighted by Crippen LogP contribution is 2.22. The van der Waals surface area contributed by atoms with Crippen molar-refractivity contribution in [3.8, 4) is 11.4 Å². The topological polar surface area (TPSA) is 43.1 Å². The maximum Gasteiger partial charge on any atom is 0.169 e. The summed E-state index contributed by atoms with van der Waals surface area (Å²) in [7, 11) is 0. The van der Waals surface area contributed by atoms with Crippen LogP contribution in [-0.4, -0.2) is 19.6 Å². The van der Waals surface area contributed by atoms with Gasteiger partial charge in [0.15, 0.2) is 11.5 Å². The summed E-state index contributed by atoms with van der Waals surface area (Å²) in [5.74, 6) is 1.07. The number of hydrogen-bond acceptors (Lipinski definition) is 3. The Morgan fingerprint density at radius 3 is 2.68 bits per heavy atom. The van der Waals surface area contributed by atoms with E-state index in [1.54, 1.807) is 29.5 Å². The van der Waals surface area contributed by atoms with Crippen molar-refractivity contribution >= 4 is 17.2 Å². The highest BCUT2D eigenvalue weighted by atomic mass is 35.5. The molecule has 0 aliphatic heterocycles. The van der Waals surface area contributed by atoms with Gasteiger partial charge >= 0.3 is 0 Å². The number of fused-ring (bicyclic) bond motifs is 1. The van der Waals surface area contributed by atoms with Crippen molar-refractivity contribution in [3.05, 3.63) is 46.6 Å². The summed E-state index contributed by atoms with van der Waals surface area (Å²) < 4.78 is 15.1. The average molecular weight is 277 g/mol. The lowest BCUT2D eigenvalue weighted by Crippen LogP contribution is -1.98. The Kier molecular flexibility index (Phi) is 2.71. The number of nitrogens with zero attached hydrogens (tertiary/aromatic N) is 4. The van der Waals surface area contributed by atoms with Crippen LogP contribution in [0.25, 0.3) is 17.0 Å². The van der Waals surface area contributed by atoms with Gasteiger partial charge in [0.25, 0.3) is 0 Å². The minimum absolute atomic E-state index is 0.240. The van der Waals surface area contributed by atoms with Gasteiger partial charge in [0.2, 0.25) is 0 Å². The van der Waals surface area contributed by atoms with Gasteiger partial charge < -0.3 is 0 Å². The summed E-state index contributed by atoms with van der Waals surface area (Å²) in [6.07, 6.45) is 0. The molecule has 2 aromatic heterocycles. The third kappa shape index (κ3) is 1.96. The minimum Gasteiger partial charge on any atom is -0.263 e. The summed E-state index contributed by atoms with van der Waals surface area (Å²) in [5.41, 5.74) is 1.97. The molecule has 0 saturated heterocycles. The van der Waals surface area contributed by atoms with Crippen molar-refractivity contribution in [1.82, 2.24) is 19.6 Å².